The van der Waals surface area contributed by atoms with Gasteiger partial charge in [-0.1, -0.05) is 12.1 Å². The molecule has 0 fully saturated rings. The van der Waals surface area contributed by atoms with E-state index in [9.17, 15) is 22.8 Å². The average molecular weight is 430 g/mol. The number of amides is 2. The maximum Gasteiger partial charge on any atom is 0.416 e. The number of carbonyl (C=O) groups is 2. The molecule has 0 saturated heterocycles. The van der Waals surface area contributed by atoms with Crippen molar-refractivity contribution in [2.24, 2.45) is 0 Å². The van der Waals surface area contributed by atoms with Crippen molar-refractivity contribution in [1.29, 1.82) is 0 Å². The number of hydrogen-bond donors (Lipinski definition) is 1. The highest BCUT2D eigenvalue weighted by molar-refractivity contribution is 6.05. The molecule has 0 saturated carbocycles. The molecule has 31 heavy (non-hydrogen) atoms. The Hall–Kier alpha value is -3.29. The van der Waals surface area contributed by atoms with E-state index in [1.54, 1.807) is 24.1 Å². The summed E-state index contributed by atoms with van der Waals surface area (Å²) in [6.07, 6.45) is -0.859. The Bertz CT molecular complexity index is 1080. The number of alkyl halides is 3. The lowest BCUT2D eigenvalue weighted by Gasteiger charge is -2.26. The Labute approximate surface area is 177 Å². The molecule has 0 bridgehead atoms. The number of aryl methyl sites for hydroxylation is 1. The molecule has 2 aliphatic rings. The van der Waals surface area contributed by atoms with E-state index >= 15 is 0 Å². The Morgan fingerprint density at radius 3 is 2.71 bits per heavy atom. The number of allylic oxidation sites excluding steroid dienone is 1. The third-order valence-electron chi connectivity index (χ3n) is 5.50. The van der Waals surface area contributed by atoms with E-state index in [-0.39, 0.29) is 18.3 Å². The number of benzene rings is 2. The van der Waals surface area contributed by atoms with Gasteiger partial charge in [0.15, 0.2) is 0 Å². The van der Waals surface area contributed by atoms with Gasteiger partial charge in [-0.2, -0.15) is 13.2 Å². The number of hydrogen-bond acceptors (Lipinski definition) is 3. The number of nitrogens with one attached hydrogen (secondary N) is 1. The summed E-state index contributed by atoms with van der Waals surface area (Å²) in [5, 5.41) is 2.79. The van der Waals surface area contributed by atoms with E-state index in [1.165, 1.54) is 12.1 Å². The van der Waals surface area contributed by atoms with Gasteiger partial charge in [0.2, 0.25) is 11.8 Å². The topological polar surface area (TPSA) is 58.6 Å². The monoisotopic (exact) mass is 430 g/mol. The summed E-state index contributed by atoms with van der Waals surface area (Å²) in [5.74, 6) is -0.251. The predicted octanol–water partition coefficient (Wildman–Crippen LogP) is 4.81. The van der Waals surface area contributed by atoms with Crippen molar-refractivity contribution >= 4 is 28.8 Å². The molecule has 0 spiro atoms. The maximum absolute atomic E-state index is 13.0. The fraction of sp³-hybridized carbons (Fsp3) is 0.304. The second kappa shape index (κ2) is 8.09. The maximum atomic E-state index is 13.0. The molecule has 2 aliphatic heterocycles. The molecule has 0 aliphatic carbocycles. The van der Waals surface area contributed by atoms with Crippen LogP contribution >= 0.6 is 0 Å². The van der Waals surface area contributed by atoms with E-state index in [0.717, 1.165) is 23.4 Å². The molecule has 2 amide bonds. The highest BCUT2D eigenvalue weighted by atomic mass is 19.4. The minimum atomic E-state index is -4.47. The van der Waals surface area contributed by atoms with Crippen LogP contribution in [0.2, 0.25) is 0 Å². The van der Waals surface area contributed by atoms with Gasteiger partial charge in [0, 0.05) is 36.5 Å². The summed E-state index contributed by atoms with van der Waals surface area (Å²) < 4.78 is 44.6. The quantitative estimate of drug-likeness (QED) is 0.696. The second-order valence-corrected chi connectivity index (χ2v) is 7.62. The number of rotatable bonds is 2. The first-order valence-electron chi connectivity index (χ1n) is 9.98. The lowest BCUT2D eigenvalue weighted by atomic mass is 9.99. The first kappa shape index (κ1) is 21.0. The highest BCUT2D eigenvalue weighted by Crippen LogP contribution is 2.38. The molecule has 2 aromatic rings. The van der Waals surface area contributed by atoms with Crippen molar-refractivity contribution < 1.29 is 27.5 Å². The number of anilines is 2. The van der Waals surface area contributed by atoms with Crippen LogP contribution in [-0.2, 0) is 22.2 Å². The van der Waals surface area contributed by atoms with Crippen LogP contribution in [-0.4, -0.2) is 25.5 Å². The van der Waals surface area contributed by atoms with E-state index in [0.29, 0.717) is 42.5 Å². The van der Waals surface area contributed by atoms with Gasteiger partial charge in [-0.05, 0) is 54.7 Å². The van der Waals surface area contributed by atoms with Crippen LogP contribution in [0.5, 0.6) is 5.75 Å². The molecule has 1 N–H and O–H groups in total. The summed E-state index contributed by atoms with van der Waals surface area (Å²) in [7, 11) is 1.70. The Morgan fingerprint density at radius 2 is 1.94 bits per heavy atom. The Morgan fingerprint density at radius 1 is 1.13 bits per heavy atom. The summed E-state index contributed by atoms with van der Waals surface area (Å²) in [4.78, 5) is 26.2. The molecule has 2 heterocycles. The van der Waals surface area contributed by atoms with Gasteiger partial charge in [0.25, 0.3) is 0 Å². The number of fused-ring (bicyclic) bond motifs is 2. The van der Waals surface area contributed by atoms with E-state index < -0.39 is 17.6 Å². The smallest absolute Gasteiger partial charge is 0.416 e. The summed E-state index contributed by atoms with van der Waals surface area (Å²) in [6, 6.07) is 8.73. The van der Waals surface area contributed by atoms with Crippen molar-refractivity contribution in [2.45, 2.75) is 31.9 Å². The van der Waals surface area contributed by atoms with Gasteiger partial charge in [0.05, 0.1) is 12.2 Å². The zero-order valence-electron chi connectivity index (χ0n) is 16.9. The zero-order valence-corrected chi connectivity index (χ0v) is 16.9. The van der Waals surface area contributed by atoms with Gasteiger partial charge in [0.1, 0.15) is 5.75 Å². The third kappa shape index (κ3) is 4.42. The molecular formula is C23H21F3N2O3. The summed E-state index contributed by atoms with van der Waals surface area (Å²) >= 11 is 0. The van der Waals surface area contributed by atoms with Crippen molar-refractivity contribution in [3.05, 3.63) is 59.2 Å². The van der Waals surface area contributed by atoms with E-state index in [2.05, 4.69) is 5.32 Å². The molecule has 162 valence electrons. The summed E-state index contributed by atoms with van der Waals surface area (Å²) in [5.41, 5.74) is 2.65. The normalized spacial score (nSPS) is 17.5. The van der Waals surface area contributed by atoms with Crippen molar-refractivity contribution in [3.63, 3.8) is 0 Å². The molecule has 8 heteroatoms. The van der Waals surface area contributed by atoms with Crippen LogP contribution < -0.4 is 15.0 Å². The highest BCUT2D eigenvalue weighted by Gasteiger charge is 2.32. The van der Waals surface area contributed by atoms with Gasteiger partial charge in [-0.25, -0.2) is 0 Å². The SMILES string of the molecule is CN1C(=O)CCc2ccc(NC(=O)/C=C3\CCCOc4cc(C(F)(F)F)ccc43)cc21. The molecule has 0 atom stereocenters. The van der Waals surface area contributed by atoms with Crippen LogP contribution in [0.1, 0.15) is 36.0 Å². The molecule has 0 radical (unpaired) electrons. The third-order valence-corrected chi connectivity index (χ3v) is 5.50. The lowest BCUT2D eigenvalue weighted by molar-refractivity contribution is -0.137. The largest absolute Gasteiger partial charge is 0.493 e. The minimum absolute atomic E-state index is 0.0198. The number of ether oxygens (including phenoxy) is 1. The van der Waals surface area contributed by atoms with Gasteiger partial charge < -0.3 is 15.0 Å². The zero-order chi connectivity index (χ0) is 22.2. The van der Waals surface area contributed by atoms with Crippen molar-refractivity contribution in [3.8, 4) is 5.75 Å². The van der Waals surface area contributed by atoms with Crippen molar-refractivity contribution in [2.75, 3.05) is 23.9 Å². The van der Waals surface area contributed by atoms with Gasteiger partial charge >= 0.3 is 6.18 Å². The lowest BCUT2D eigenvalue weighted by Crippen LogP contribution is -2.31. The van der Waals surface area contributed by atoms with Crippen LogP contribution in [0.3, 0.4) is 0 Å². The van der Waals surface area contributed by atoms with Crippen LogP contribution in [0, 0.1) is 0 Å². The van der Waals surface area contributed by atoms with Crippen molar-refractivity contribution in [1.82, 2.24) is 0 Å². The fourth-order valence-corrected chi connectivity index (χ4v) is 3.86. The van der Waals surface area contributed by atoms with Gasteiger partial charge in [-0.15, -0.1) is 0 Å². The molecule has 0 aromatic heterocycles. The first-order valence-corrected chi connectivity index (χ1v) is 9.98. The Kier molecular flexibility index (Phi) is 5.47. The van der Waals surface area contributed by atoms with Crippen LogP contribution in [0.25, 0.3) is 5.57 Å². The second-order valence-electron chi connectivity index (χ2n) is 7.62. The minimum Gasteiger partial charge on any atom is -0.493 e. The first-order chi connectivity index (χ1) is 14.7. The van der Waals surface area contributed by atoms with Crippen LogP contribution in [0.15, 0.2) is 42.5 Å². The standard InChI is InChI=1S/C23H21F3N2O3/c1-28-19-13-17(7-4-14(19)5-9-22(28)30)27-21(29)11-15-3-2-10-31-20-12-16(23(24,25)26)6-8-18(15)20/h4,6-8,11-13H,2-3,5,9-10H2,1H3,(H,27,29)/b15-11+. The fourth-order valence-electron chi connectivity index (χ4n) is 3.86. The predicted molar refractivity (Wildman–Crippen MR) is 111 cm³/mol. The number of halogens is 3. The molecule has 4 rings (SSSR count). The molecular weight excluding hydrogens is 409 g/mol. The number of carbonyl (C=O) groups excluding carboxylic acids is 2. The van der Waals surface area contributed by atoms with E-state index in [1.807, 2.05) is 6.07 Å². The summed E-state index contributed by atoms with van der Waals surface area (Å²) in [6.45, 7) is 0.276. The van der Waals surface area contributed by atoms with Crippen LogP contribution in [0.4, 0.5) is 24.5 Å². The van der Waals surface area contributed by atoms with E-state index in [4.69, 9.17) is 4.74 Å². The van der Waals surface area contributed by atoms with Gasteiger partial charge in [-0.3, -0.25) is 9.59 Å². The Balaban J connectivity index is 1.58. The molecule has 5 nitrogen and oxygen atoms in total. The molecule has 2 aromatic carbocycles. The molecule has 0 unspecified atom stereocenters. The average Bonchev–Trinajstić information content (AvgIpc) is 2.92. The number of nitrogens with zero attached hydrogens (tertiary/aromatic N) is 1.